The second-order valence-corrected chi connectivity index (χ2v) is 7.88. The first-order valence-corrected chi connectivity index (χ1v) is 10.3. The molecule has 1 N–H and O–H groups in total. The van der Waals surface area contributed by atoms with Gasteiger partial charge in [0.05, 0.1) is 11.2 Å². The van der Waals surface area contributed by atoms with Crippen molar-refractivity contribution in [2.45, 2.75) is 19.9 Å². The quantitative estimate of drug-likeness (QED) is 0.518. The normalized spacial score (nSPS) is 15.4. The van der Waals surface area contributed by atoms with Crippen molar-refractivity contribution in [1.29, 1.82) is 0 Å². The largest absolute Gasteiger partial charge is 0.489 e. The SMILES string of the molecule is C.CN1C(=O)[C@H](NC(=O)c2cc(Cc3ccccc3)on2)COc2cc3c(ccn3C)cc21. The molecule has 0 fully saturated rings. The zero-order valence-corrected chi connectivity index (χ0v) is 17.7. The van der Waals surface area contributed by atoms with Crippen LogP contribution in [0.15, 0.2) is 65.3 Å². The Morgan fingerprint density at radius 1 is 1.15 bits per heavy atom. The summed E-state index contributed by atoms with van der Waals surface area (Å²) in [5.41, 5.74) is 2.84. The molecule has 170 valence electrons. The van der Waals surface area contributed by atoms with Gasteiger partial charge < -0.3 is 24.0 Å². The standard InChI is InChI=1S/C24H22N4O4.CH4/c1-27-9-8-16-11-21-22(13-20(16)27)31-14-19(24(30)28(21)2)25-23(29)18-12-17(32-26-18)10-15-6-4-3-5-7-15;/h3-9,11-13,19H,10,14H2,1-2H3,(H,25,29);1H4/t19-;/m1./s1. The molecule has 0 aliphatic carbocycles. The van der Waals surface area contributed by atoms with Crippen molar-refractivity contribution >= 4 is 28.4 Å². The number of anilines is 1. The van der Waals surface area contributed by atoms with E-state index in [9.17, 15) is 9.59 Å². The molecule has 1 aliphatic heterocycles. The van der Waals surface area contributed by atoms with Crippen molar-refractivity contribution in [3.8, 4) is 5.75 Å². The van der Waals surface area contributed by atoms with Crippen LogP contribution in [0.5, 0.6) is 5.75 Å². The summed E-state index contributed by atoms with van der Waals surface area (Å²) in [6.45, 7) is 0.0204. The number of aromatic nitrogens is 2. The molecule has 2 amide bonds. The molecule has 33 heavy (non-hydrogen) atoms. The Kier molecular flexibility index (Phi) is 5.91. The van der Waals surface area contributed by atoms with Gasteiger partial charge >= 0.3 is 0 Å². The van der Waals surface area contributed by atoms with Crippen LogP contribution in [0.25, 0.3) is 10.9 Å². The molecular weight excluding hydrogens is 420 g/mol. The topological polar surface area (TPSA) is 89.6 Å². The van der Waals surface area contributed by atoms with E-state index in [4.69, 9.17) is 9.26 Å². The molecule has 1 atom stereocenters. The first-order chi connectivity index (χ1) is 15.5. The maximum Gasteiger partial charge on any atom is 0.274 e. The summed E-state index contributed by atoms with van der Waals surface area (Å²) in [5.74, 6) is 0.416. The Morgan fingerprint density at radius 2 is 1.94 bits per heavy atom. The number of rotatable bonds is 4. The highest BCUT2D eigenvalue weighted by Gasteiger charge is 2.32. The number of amides is 2. The Bertz CT molecular complexity index is 1310. The Morgan fingerprint density at radius 3 is 2.73 bits per heavy atom. The predicted molar refractivity (Wildman–Crippen MR) is 126 cm³/mol. The second-order valence-electron chi connectivity index (χ2n) is 7.88. The minimum absolute atomic E-state index is 0. The maximum absolute atomic E-state index is 13.0. The van der Waals surface area contributed by atoms with Crippen molar-refractivity contribution in [3.05, 3.63) is 77.8 Å². The van der Waals surface area contributed by atoms with Crippen molar-refractivity contribution in [2.75, 3.05) is 18.6 Å². The Labute approximate surface area is 191 Å². The molecular formula is C25H26N4O4. The lowest BCUT2D eigenvalue weighted by Crippen LogP contribution is -2.49. The third-order valence-electron chi connectivity index (χ3n) is 5.68. The first kappa shape index (κ1) is 22.1. The van der Waals surface area contributed by atoms with Crippen molar-refractivity contribution < 1.29 is 18.8 Å². The lowest BCUT2D eigenvalue weighted by atomic mass is 10.1. The van der Waals surface area contributed by atoms with Crippen LogP contribution in [0.3, 0.4) is 0 Å². The van der Waals surface area contributed by atoms with E-state index in [0.29, 0.717) is 23.6 Å². The second kappa shape index (κ2) is 8.82. The average Bonchev–Trinajstić information content (AvgIpc) is 3.39. The fourth-order valence-corrected chi connectivity index (χ4v) is 3.90. The van der Waals surface area contributed by atoms with Gasteiger partial charge in [-0.2, -0.15) is 0 Å². The monoisotopic (exact) mass is 446 g/mol. The zero-order valence-electron chi connectivity index (χ0n) is 17.7. The number of nitrogens with zero attached hydrogens (tertiary/aromatic N) is 3. The predicted octanol–water partition coefficient (Wildman–Crippen LogP) is 3.55. The van der Waals surface area contributed by atoms with Crippen molar-refractivity contribution in [2.24, 2.45) is 7.05 Å². The molecule has 8 nitrogen and oxygen atoms in total. The van der Waals surface area contributed by atoms with E-state index in [1.165, 1.54) is 4.90 Å². The molecule has 0 radical (unpaired) electrons. The number of likely N-dealkylation sites (N-methyl/N-ethyl adjacent to an activating group) is 1. The number of hydrogen-bond donors (Lipinski definition) is 1. The molecule has 0 spiro atoms. The molecule has 0 unspecified atom stereocenters. The van der Waals surface area contributed by atoms with Crippen molar-refractivity contribution in [3.63, 3.8) is 0 Å². The van der Waals surface area contributed by atoms with Gasteiger partial charge in [0.15, 0.2) is 5.69 Å². The summed E-state index contributed by atoms with van der Waals surface area (Å²) in [5, 5.41) is 7.61. The number of carbonyl (C=O) groups is 2. The van der Waals surface area contributed by atoms with Crippen LogP contribution >= 0.6 is 0 Å². The number of aryl methyl sites for hydroxylation is 1. The van der Waals surface area contributed by atoms with Gasteiger partial charge in [0.2, 0.25) is 0 Å². The third-order valence-corrected chi connectivity index (χ3v) is 5.68. The molecule has 8 heteroatoms. The van der Waals surface area contributed by atoms with Crippen LogP contribution in [0.2, 0.25) is 0 Å². The van der Waals surface area contributed by atoms with E-state index in [2.05, 4.69) is 10.5 Å². The summed E-state index contributed by atoms with van der Waals surface area (Å²) >= 11 is 0. The number of ether oxygens (including phenoxy) is 1. The van der Waals surface area contributed by atoms with Gasteiger partial charge in [0.1, 0.15) is 24.2 Å². The lowest BCUT2D eigenvalue weighted by Gasteiger charge is -2.20. The van der Waals surface area contributed by atoms with E-state index >= 15 is 0 Å². The number of fused-ring (bicyclic) bond motifs is 2. The summed E-state index contributed by atoms with van der Waals surface area (Å²) in [4.78, 5) is 27.3. The first-order valence-electron chi connectivity index (χ1n) is 10.3. The molecule has 5 rings (SSSR count). The van der Waals surface area contributed by atoms with Crippen LogP contribution in [0.1, 0.15) is 29.2 Å². The van der Waals surface area contributed by atoms with Crippen LogP contribution in [0.4, 0.5) is 5.69 Å². The Balaban J connectivity index is 0.00000259. The highest BCUT2D eigenvalue weighted by atomic mass is 16.5. The number of hydrogen-bond acceptors (Lipinski definition) is 5. The molecule has 2 aromatic carbocycles. The smallest absolute Gasteiger partial charge is 0.274 e. The third kappa shape index (κ3) is 4.19. The fraction of sp³-hybridized carbons (Fsp3) is 0.240. The van der Waals surface area contributed by atoms with Gasteiger partial charge in [-0.15, -0.1) is 0 Å². The summed E-state index contributed by atoms with van der Waals surface area (Å²) in [6.07, 6.45) is 2.48. The van der Waals surface area contributed by atoms with Crippen LogP contribution in [-0.4, -0.2) is 41.2 Å². The van der Waals surface area contributed by atoms with Gasteiger partial charge in [-0.3, -0.25) is 9.59 Å². The number of nitrogens with one attached hydrogen (secondary N) is 1. The molecule has 0 bridgehead atoms. The van der Waals surface area contributed by atoms with Gasteiger partial charge in [-0.1, -0.05) is 42.9 Å². The minimum Gasteiger partial charge on any atom is -0.489 e. The van der Waals surface area contributed by atoms with E-state index in [1.807, 2.05) is 66.3 Å². The lowest BCUT2D eigenvalue weighted by molar-refractivity contribution is -0.120. The molecule has 4 aromatic rings. The van der Waals surface area contributed by atoms with E-state index in [1.54, 1.807) is 13.1 Å². The van der Waals surface area contributed by atoms with E-state index in [-0.39, 0.29) is 25.6 Å². The van der Waals surface area contributed by atoms with Crippen molar-refractivity contribution in [1.82, 2.24) is 15.0 Å². The van der Waals surface area contributed by atoms with Gasteiger partial charge in [-0.25, -0.2) is 0 Å². The highest BCUT2D eigenvalue weighted by molar-refractivity contribution is 6.04. The van der Waals surface area contributed by atoms with Crippen LogP contribution in [-0.2, 0) is 18.3 Å². The zero-order chi connectivity index (χ0) is 22.2. The minimum atomic E-state index is -0.850. The Hall–Kier alpha value is -4.07. The van der Waals surface area contributed by atoms with Gasteiger partial charge in [0.25, 0.3) is 11.8 Å². The van der Waals surface area contributed by atoms with Crippen LogP contribution in [0, 0.1) is 0 Å². The molecule has 0 saturated carbocycles. The molecule has 3 heterocycles. The average molecular weight is 447 g/mol. The van der Waals surface area contributed by atoms with Gasteiger partial charge in [0, 0.05) is 44.2 Å². The highest BCUT2D eigenvalue weighted by Crippen LogP contribution is 2.35. The number of carbonyl (C=O) groups excluding carboxylic acids is 2. The summed E-state index contributed by atoms with van der Waals surface area (Å²) in [7, 11) is 3.63. The molecule has 2 aromatic heterocycles. The van der Waals surface area contributed by atoms with E-state index in [0.717, 1.165) is 16.5 Å². The van der Waals surface area contributed by atoms with Crippen LogP contribution < -0.4 is 15.0 Å². The molecule has 1 aliphatic rings. The number of benzene rings is 2. The fourth-order valence-electron chi connectivity index (χ4n) is 3.90. The van der Waals surface area contributed by atoms with Gasteiger partial charge in [-0.05, 0) is 17.7 Å². The maximum atomic E-state index is 13.0. The summed E-state index contributed by atoms with van der Waals surface area (Å²) < 4.78 is 13.2. The summed E-state index contributed by atoms with van der Waals surface area (Å²) in [6, 6.07) is 16.3. The molecule has 0 saturated heterocycles. The van der Waals surface area contributed by atoms with E-state index < -0.39 is 11.9 Å².